The molecule has 0 amide bonds. The minimum atomic E-state index is -1.23. The number of benzene rings is 1. The molecule has 1 atom stereocenters. The lowest BCUT2D eigenvalue weighted by Crippen LogP contribution is -2.21. The Balaban J connectivity index is 0.000000511. The summed E-state index contributed by atoms with van der Waals surface area (Å²) < 4.78 is 5.53. The van der Waals surface area contributed by atoms with Gasteiger partial charge in [-0.15, -0.1) is 0 Å². The molecule has 0 fully saturated rings. The van der Waals surface area contributed by atoms with Gasteiger partial charge in [0.15, 0.2) is 5.96 Å². The maximum Gasteiger partial charge on any atom is 0.332 e. The Morgan fingerprint density at radius 3 is 2.25 bits per heavy atom. The van der Waals surface area contributed by atoms with Crippen LogP contribution in [0.4, 0.5) is 5.69 Å². The van der Waals surface area contributed by atoms with Gasteiger partial charge in [-0.3, -0.25) is 5.41 Å². The van der Waals surface area contributed by atoms with Crippen molar-refractivity contribution in [2.45, 2.75) is 33.0 Å². The summed E-state index contributed by atoms with van der Waals surface area (Å²) in [6.45, 7) is 5.09. The quantitative estimate of drug-likeness (QED) is 0.417. The van der Waals surface area contributed by atoms with Crippen LogP contribution in [0.15, 0.2) is 24.3 Å². The number of carbonyl (C=O) groups is 1. The predicted octanol–water partition coefficient (Wildman–Crippen LogP) is 1.23. The number of hydrogen-bond donors (Lipinski definition) is 5. The third kappa shape index (κ3) is 7.93. The molecule has 0 spiro atoms. The Kier molecular flexibility index (Phi) is 7.76. The lowest BCUT2D eigenvalue weighted by molar-refractivity contribution is -0.145. The molecule has 0 radical (unpaired) electrons. The number of carboxylic acid groups (broad SMARTS) is 1. The number of rotatable bonds is 4. The van der Waals surface area contributed by atoms with Crippen LogP contribution in [0.25, 0.3) is 0 Å². The van der Waals surface area contributed by atoms with Crippen molar-refractivity contribution in [3.63, 3.8) is 0 Å². The Bertz CT molecular complexity index is 447. The van der Waals surface area contributed by atoms with E-state index in [0.717, 1.165) is 0 Å². The first kappa shape index (κ1) is 17.7. The zero-order valence-electron chi connectivity index (χ0n) is 11.8. The molecule has 1 unspecified atom stereocenters. The molecule has 7 heteroatoms. The number of ether oxygens (including phenoxy) is 1. The highest BCUT2D eigenvalue weighted by atomic mass is 16.5. The molecule has 112 valence electrons. The summed E-state index contributed by atoms with van der Waals surface area (Å²) in [4.78, 5) is 9.45. The zero-order valence-corrected chi connectivity index (χ0v) is 11.8. The van der Waals surface area contributed by atoms with Gasteiger partial charge in [0.25, 0.3) is 0 Å². The molecule has 1 aromatic rings. The first-order chi connectivity index (χ1) is 9.23. The summed E-state index contributed by atoms with van der Waals surface area (Å²) in [5.74, 6) is -0.572. The van der Waals surface area contributed by atoms with Gasteiger partial charge in [-0.25, -0.2) is 4.79 Å². The molecule has 20 heavy (non-hydrogen) atoms. The molecule has 0 aliphatic heterocycles. The predicted molar refractivity (Wildman–Crippen MR) is 77.1 cm³/mol. The van der Waals surface area contributed by atoms with Crippen molar-refractivity contribution >= 4 is 17.6 Å². The second-order valence-corrected chi connectivity index (χ2v) is 4.22. The molecule has 1 rings (SSSR count). The Labute approximate surface area is 117 Å². The molecule has 1 aromatic carbocycles. The van der Waals surface area contributed by atoms with Crippen LogP contribution >= 0.6 is 0 Å². The smallest absolute Gasteiger partial charge is 0.332 e. The van der Waals surface area contributed by atoms with Crippen LogP contribution in [0.1, 0.15) is 20.8 Å². The molecule has 0 saturated carbocycles. The first-order valence-electron chi connectivity index (χ1n) is 6.01. The minimum absolute atomic E-state index is 0.0928. The maximum atomic E-state index is 9.45. The molecule has 7 nitrogen and oxygen atoms in total. The average Bonchev–Trinajstić information content (AvgIpc) is 2.31. The van der Waals surface area contributed by atoms with Crippen LogP contribution in [0.3, 0.4) is 0 Å². The van der Waals surface area contributed by atoms with E-state index in [2.05, 4.69) is 5.32 Å². The van der Waals surface area contributed by atoms with Crippen molar-refractivity contribution in [3.8, 4) is 5.75 Å². The number of guanidine groups is 1. The summed E-state index contributed by atoms with van der Waals surface area (Å²) in [6, 6.07) is 7.39. The van der Waals surface area contributed by atoms with Crippen molar-refractivity contribution in [2.75, 3.05) is 5.32 Å². The topological polar surface area (TPSA) is 129 Å². The first-order valence-corrected chi connectivity index (χ1v) is 6.01. The summed E-state index contributed by atoms with van der Waals surface area (Å²) in [7, 11) is 0. The number of para-hydroxylation sites is 2. The largest absolute Gasteiger partial charge is 0.489 e. The Morgan fingerprint density at radius 1 is 1.35 bits per heavy atom. The molecular weight excluding hydrogens is 262 g/mol. The maximum absolute atomic E-state index is 9.45. The standard InChI is InChI=1S/C10H15N3O.C3H6O3/c1-7(2)14-9-6-4-3-5-8(9)13-10(11)12;1-2(4)3(5)6/h3-7H,1-2H3,(H4,11,12,13);2,4H,1H3,(H,5,6). The van der Waals surface area contributed by atoms with Gasteiger partial charge >= 0.3 is 5.97 Å². The average molecular weight is 283 g/mol. The molecular formula is C13H21N3O4. The van der Waals surface area contributed by atoms with E-state index in [1.165, 1.54) is 6.92 Å². The number of nitrogens with one attached hydrogen (secondary N) is 2. The molecule has 0 aliphatic rings. The number of aliphatic hydroxyl groups is 1. The number of aliphatic hydroxyl groups excluding tert-OH is 1. The highest BCUT2D eigenvalue weighted by Crippen LogP contribution is 2.24. The van der Waals surface area contributed by atoms with Gasteiger partial charge in [-0.1, -0.05) is 12.1 Å². The van der Waals surface area contributed by atoms with E-state index in [0.29, 0.717) is 11.4 Å². The number of hydrogen-bond acceptors (Lipinski definition) is 4. The monoisotopic (exact) mass is 283 g/mol. The zero-order chi connectivity index (χ0) is 15.7. The van der Waals surface area contributed by atoms with Gasteiger partial charge in [0.05, 0.1) is 11.8 Å². The van der Waals surface area contributed by atoms with Gasteiger partial charge in [-0.2, -0.15) is 0 Å². The molecule has 0 saturated heterocycles. The van der Waals surface area contributed by atoms with Crippen LogP contribution < -0.4 is 15.8 Å². The minimum Gasteiger partial charge on any atom is -0.489 e. The van der Waals surface area contributed by atoms with E-state index in [1.807, 2.05) is 38.1 Å². The Hall–Kier alpha value is -2.28. The fourth-order valence-electron chi connectivity index (χ4n) is 1.07. The molecule has 0 bridgehead atoms. The Morgan fingerprint density at radius 2 is 1.85 bits per heavy atom. The summed E-state index contributed by atoms with van der Waals surface area (Å²) >= 11 is 0. The van der Waals surface area contributed by atoms with Gasteiger partial charge in [0.1, 0.15) is 11.9 Å². The summed E-state index contributed by atoms with van der Waals surface area (Å²) in [5, 5.41) is 25.6. The third-order valence-corrected chi connectivity index (χ3v) is 1.88. The van der Waals surface area contributed by atoms with Crippen LogP contribution in [0.2, 0.25) is 0 Å². The lowest BCUT2D eigenvalue weighted by atomic mass is 10.3. The van der Waals surface area contributed by atoms with E-state index in [-0.39, 0.29) is 12.1 Å². The van der Waals surface area contributed by atoms with Crippen molar-refractivity contribution in [1.29, 1.82) is 5.41 Å². The van der Waals surface area contributed by atoms with Gasteiger partial charge in [0, 0.05) is 0 Å². The van der Waals surface area contributed by atoms with E-state index in [4.69, 9.17) is 26.1 Å². The third-order valence-electron chi connectivity index (χ3n) is 1.88. The summed E-state index contributed by atoms with van der Waals surface area (Å²) in [5.41, 5.74) is 5.96. The number of anilines is 1. The fourth-order valence-corrected chi connectivity index (χ4v) is 1.07. The fraction of sp³-hybridized carbons (Fsp3) is 0.385. The van der Waals surface area contributed by atoms with E-state index >= 15 is 0 Å². The number of aliphatic carboxylic acids is 1. The van der Waals surface area contributed by atoms with Crippen molar-refractivity contribution in [2.24, 2.45) is 5.73 Å². The second kappa shape index (κ2) is 8.76. The van der Waals surface area contributed by atoms with Crippen molar-refractivity contribution in [3.05, 3.63) is 24.3 Å². The highest BCUT2D eigenvalue weighted by Gasteiger charge is 2.04. The van der Waals surface area contributed by atoms with Crippen LogP contribution in [-0.2, 0) is 4.79 Å². The van der Waals surface area contributed by atoms with E-state index < -0.39 is 12.1 Å². The lowest BCUT2D eigenvalue weighted by Gasteiger charge is -2.14. The number of nitrogens with two attached hydrogens (primary N) is 1. The van der Waals surface area contributed by atoms with E-state index in [9.17, 15) is 4.79 Å². The molecule has 0 heterocycles. The van der Waals surface area contributed by atoms with Crippen LogP contribution in [0, 0.1) is 5.41 Å². The normalized spacial score (nSPS) is 11.1. The van der Waals surface area contributed by atoms with Crippen LogP contribution in [0.5, 0.6) is 5.75 Å². The summed E-state index contributed by atoms with van der Waals surface area (Å²) in [6.07, 6.45) is -1.13. The van der Waals surface area contributed by atoms with E-state index in [1.54, 1.807) is 0 Å². The van der Waals surface area contributed by atoms with Gasteiger partial charge in [-0.05, 0) is 32.9 Å². The molecule has 0 aromatic heterocycles. The van der Waals surface area contributed by atoms with Crippen LogP contribution in [-0.4, -0.2) is 34.3 Å². The van der Waals surface area contributed by atoms with Gasteiger partial charge < -0.3 is 26.0 Å². The number of carboxylic acids is 1. The molecule has 0 aliphatic carbocycles. The van der Waals surface area contributed by atoms with Crippen molar-refractivity contribution in [1.82, 2.24) is 0 Å². The van der Waals surface area contributed by atoms with Gasteiger partial charge in [0.2, 0.25) is 0 Å². The van der Waals surface area contributed by atoms with Crippen molar-refractivity contribution < 1.29 is 19.7 Å². The second-order valence-electron chi connectivity index (χ2n) is 4.22. The SMILES string of the molecule is CC(C)Oc1ccccc1NC(=N)N.CC(O)C(=O)O. The highest BCUT2D eigenvalue weighted by molar-refractivity contribution is 5.91. The molecule has 6 N–H and O–H groups in total.